The van der Waals surface area contributed by atoms with Crippen LogP contribution in [0.1, 0.15) is 16.7 Å². The molecule has 2 rings (SSSR count). The molecule has 16 heteroatoms. The summed E-state index contributed by atoms with van der Waals surface area (Å²) in [5.41, 5.74) is 2.75. The third-order valence-electron chi connectivity index (χ3n) is 4.65. The summed E-state index contributed by atoms with van der Waals surface area (Å²) in [5.74, 6) is -1.26. The number of hydrogen-bond acceptors (Lipinski definition) is 11. The number of aryl methyl sites for hydroxylation is 3. The van der Waals surface area contributed by atoms with Gasteiger partial charge in [0.15, 0.2) is 9.84 Å². The Morgan fingerprint density at radius 1 is 0.857 bits per heavy atom. The normalized spacial score (nSPS) is 12.7. The van der Waals surface area contributed by atoms with E-state index in [4.69, 9.17) is 13.8 Å². The summed E-state index contributed by atoms with van der Waals surface area (Å²) in [6.45, 7) is 4.18. The van der Waals surface area contributed by atoms with Gasteiger partial charge in [0.05, 0.1) is 30.1 Å². The lowest BCUT2D eigenvalue weighted by atomic mass is 10.1. The van der Waals surface area contributed by atoms with Crippen LogP contribution >= 0.6 is 0 Å². The standard InChI is InChI=1S/C19H25N3O10S3/c1-12-8-16(13(2)7-15(12)20-11-34(25,26)27)21-22-17-9-14(3)19(10-18(17)31-4)33(23,24)6-5-32-35(28,29)30/h7-10,20H,5-6,11H2,1-4H3,(H,25,26,27)(H,28,29,30). The van der Waals surface area contributed by atoms with Gasteiger partial charge in [-0.1, -0.05) is 0 Å². The third kappa shape index (κ3) is 8.52. The summed E-state index contributed by atoms with van der Waals surface area (Å²) in [6, 6.07) is 5.95. The van der Waals surface area contributed by atoms with Crippen LogP contribution in [0.4, 0.5) is 17.1 Å². The highest BCUT2D eigenvalue weighted by molar-refractivity contribution is 7.91. The highest BCUT2D eigenvalue weighted by atomic mass is 32.3. The van der Waals surface area contributed by atoms with Gasteiger partial charge in [-0.15, -0.1) is 5.11 Å². The zero-order chi connectivity index (χ0) is 26.6. The molecule has 3 N–H and O–H groups in total. The molecule has 0 aliphatic rings. The topological polar surface area (TPSA) is 198 Å². The maximum Gasteiger partial charge on any atom is 0.397 e. The maximum absolute atomic E-state index is 12.6. The molecule has 0 aromatic heterocycles. The van der Waals surface area contributed by atoms with E-state index >= 15 is 0 Å². The van der Waals surface area contributed by atoms with E-state index in [1.54, 1.807) is 26.0 Å². The van der Waals surface area contributed by atoms with Crippen LogP contribution in [-0.2, 0) is 34.5 Å². The molecule has 0 atom stereocenters. The minimum atomic E-state index is -4.77. The van der Waals surface area contributed by atoms with Gasteiger partial charge in [0.2, 0.25) is 0 Å². The summed E-state index contributed by atoms with van der Waals surface area (Å²) < 4.78 is 95.3. The first-order valence-corrected chi connectivity index (χ1v) is 14.4. The molecular formula is C19H25N3O10S3. The van der Waals surface area contributed by atoms with E-state index in [2.05, 4.69) is 19.7 Å². The second-order valence-corrected chi connectivity index (χ2v) is 12.0. The fraction of sp³-hybridized carbons (Fsp3) is 0.368. The first-order valence-electron chi connectivity index (χ1n) is 9.77. The van der Waals surface area contributed by atoms with E-state index in [0.717, 1.165) is 0 Å². The molecule has 13 nitrogen and oxygen atoms in total. The third-order valence-corrected chi connectivity index (χ3v) is 7.44. The van der Waals surface area contributed by atoms with Crippen LogP contribution in [0.5, 0.6) is 5.75 Å². The lowest BCUT2D eigenvalue weighted by Crippen LogP contribution is -2.16. The Balaban J connectivity index is 2.33. The minimum Gasteiger partial charge on any atom is -0.494 e. The highest BCUT2D eigenvalue weighted by Gasteiger charge is 2.21. The lowest BCUT2D eigenvalue weighted by molar-refractivity contribution is 0.284. The van der Waals surface area contributed by atoms with E-state index in [-0.39, 0.29) is 16.3 Å². The van der Waals surface area contributed by atoms with Gasteiger partial charge in [-0.3, -0.25) is 9.11 Å². The molecule has 0 heterocycles. The molecule has 0 fully saturated rings. The number of azo groups is 1. The number of nitrogens with zero attached hydrogens (tertiary/aromatic N) is 2. The van der Waals surface area contributed by atoms with E-state index < -0.39 is 48.6 Å². The first kappa shape index (κ1) is 28.6. The minimum absolute atomic E-state index is 0.0921. The Morgan fingerprint density at radius 3 is 2.03 bits per heavy atom. The summed E-state index contributed by atoms with van der Waals surface area (Å²) >= 11 is 0. The van der Waals surface area contributed by atoms with Crippen LogP contribution in [0, 0.1) is 20.8 Å². The molecule has 35 heavy (non-hydrogen) atoms. The summed E-state index contributed by atoms with van der Waals surface area (Å²) in [5, 5.41) is 11.0. The molecule has 2 aromatic carbocycles. The first-order chi connectivity index (χ1) is 16.0. The molecule has 0 aliphatic carbocycles. The average Bonchev–Trinajstić information content (AvgIpc) is 2.71. The fourth-order valence-corrected chi connectivity index (χ4v) is 5.06. The van der Waals surface area contributed by atoms with Gasteiger partial charge in [0.25, 0.3) is 10.1 Å². The van der Waals surface area contributed by atoms with Crippen molar-refractivity contribution in [2.45, 2.75) is 25.7 Å². The zero-order valence-electron chi connectivity index (χ0n) is 19.2. The van der Waals surface area contributed by atoms with Gasteiger partial charge in [-0.05, 0) is 55.7 Å². The number of ether oxygens (including phenoxy) is 1. The van der Waals surface area contributed by atoms with Crippen molar-refractivity contribution in [1.82, 2.24) is 0 Å². The van der Waals surface area contributed by atoms with Crippen molar-refractivity contribution in [2.75, 3.05) is 30.7 Å². The van der Waals surface area contributed by atoms with Crippen molar-refractivity contribution in [2.24, 2.45) is 10.2 Å². The largest absolute Gasteiger partial charge is 0.494 e. The van der Waals surface area contributed by atoms with E-state index in [0.29, 0.717) is 28.1 Å². The van der Waals surface area contributed by atoms with Crippen molar-refractivity contribution < 1.29 is 43.3 Å². The number of nitrogens with one attached hydrogen (secondary N) is 1. The predicted octanol–water partition coefficient (Wildman–Crippen LogP) is 2.89. The van der Waals surface area contributed by atoms with Gasteiger partial charge in [0.1, 0.15) is 17.3 Å². The summed E-state index contributed by atoms with van der Waals surface area (Å²) in [6.07, 6.45) is 0. The van der Waals surface area contributed by atoms with Crippen molar-refractivity contribution in [3.8, 4) is 5.75 Å². The van der Waals surface area contributed by atoms with Gasteiger partial charge in [-0.2, -0.15) is 21.9 Å². The Labute approximate surface area is 203 Å². The lowest BCUT2D eigenvalue weighted by Gasteiger charge is -2.12. The Kier molecular flexibility index (Phi) is 8.96. The van der Waals surface area contributed by atoms with Gasteiger partial charge in [0, 0.05) is 11.8 Å². The van der Waals surface area contributed by atoms with Crippen molar-refractivity contribution >= 4 is 47.4 Å². The molecule has 0 amide bonds. The fourth-order valence-electron chi connectivity index (χ4n) is 2.97. The van der Waals surface area contributed by atoms with E-state index in [1.807, 2.05) is 0 Å². The number of sulfone groups is 1. The smallest absolute Gasteiger partial charge is 0.397 e. The molecule has 0 saturated carbocycles. The van der Waals surface area contributed by atoms with Crippen LogP contribution in [0.3, 0.4) is 0 Å². The molecule has 0 bridgehead atoms. The second-order valence-electron chi connectivity index (χ2n) is 7.41. The van der Waals surface area contributed by atoms with Crippen molar-refractivity contribution in [3.63, 3.8) is 0 Å². The number of benzene rings is 2. The summed E-state index contributed by atoms with van der Waals surface area (Å²) in [4.78, 5) is -0.131. The van der Waals surface area contributed by atoms with Crippen LogP contribution in [0.15, 0.2) is 39.4 Å². The van der Waals surface area contributed by atoms with Gasteiger partial charge < -0.3 is 10.1 Å². The Hall–Kier alpha value is -2.63. The highest BCUT2D eigenvalue weighted by Crippen LogP contribution is 2.35. The van der Waals surface area contributed by atoms with E-state index in [9.17, 15) is 25.3 Å². The Morgan fingerprint density at radius 2 is 1.46 bits per heavy atom. The molecule has 0 spiro atoms. The van der Waals surface area contributed by atoms with Gasteiger partial charge >= 0.3 is 10.4 Å². The van der Waals surface area contributed by atoms with Crippen LogP contribution in [-0.4, -0.2) is 59.7 Å². The molecular weight excluding hydrogens is 526 g/mol. The van der Waals surface area contributed by atoms with Crippen molar-refractivity contribution in [1.29, 1.82) is 0 Å². The Bertz CT molecular complexity index is 1450. The van der Waals surface area contributed by atoms with E-state index in [1.165, 1.54) is 26.2 Å². The molecule has 0 saturated heterocycles. The van der Waals surface area contributed by atoms with Gasteiger partial charge in [-0.25, -0.2) is 12.6 Å². The SMILES string of the molecule is COc1cc(S(=O)(=O)CCOS(=O)(=O)O)c(C)cc1N=Nc1cc(C)c(NCS(=O)(=O)O)cc1C. The molecule has 0 aliphatic heterocycles. The maximum atomic E-state index is 12.6. The van der Waals surface area contributed by atoms with Crippen LogP contribution in [0.2, 0.25) is 0 Å². The van der Waals surface area contributed by atoms with Crippen molar-refractivity contribution in [3.05, 3.63) is 41.0 Å². The van der Waals surface area contributed by atoms with Crippen LogP contribution < -0.4 is 10.1 Å². The monoisotopic (exact) mass is 551 g/mol. The number of rotatable bonds is 11. The number of methoxy groups -OCH3 is 1. The molecule has 0 radical (unpaired) electrons. The molecule has 2 aromatic rings. The summed E-state index contributed by atoms with van der Waals surface area (Å²) in [7, 11) is -11.6. The number of anilines is 1. The molecule has 194 valence electrons. The molecule has 0 unspecified atom stereocenters. The number of hydrogen-bond donors (Lipinski definition) is 3. The second kappa shape index (κ2) is 11.0. The zero-order valence-corrected chi connectivity index (χ0v) is 21.7. The predicted molar refractivity (Wildman–Crippen MR) is 127 cm³/mol. The quantitative estimate of drug-likeness (QED) is 0.274. The van der Waals surface area contributed by atoms with Crippen LogP contribution in [0.25, 0.3) is 0 Å². The average molecular weight is 552 g/mol.